The summed E-state index contributed by atoms with van der Waals surface area (Å²) in [6.45, 7) is 7.37. The first-order valence-corrected chi connectivity index (χ1v) is 11.7. The molecule has 0 radical (unpaired) electrons. The van der Waals surface area contributed by atoms with Gasteiger partial charge in [-0.1, -0.05) is 6.07 Å². The lowest BCUT2D eigenvalue weighted by molar-refractivity contribution is -0.122. The minimum absolute atomic E-state index is 0.00245. The Labute approximate surface area is 198 Å². The molecule has 0 spiro atoms. The number of H-pyrrole nitrogens is 1. The van der Waals surface area contributed by atoms with Crippen LogP contribution in [0.15, 0.2) is 18.2 Å². The predicted molar refractivity (Wildman–Crippen MR) is 124 cm³/mol. The third-order valence-electron chi connectivity index (χ3n) is 6.43. The first kappa shape index (κ1) is 23.7. The van der Waals surface area contributed by atoms with Crippen molar-refractivity contribution in [3.8, 4) is 11.5 Å². The van der Waals surface area contributed by atoms with Crippen molar-refractivity contribution in [1.82, 2.24) is 15.2 Å². The van der Waals surface area contributed by atoms with Crippen molar-refractivity contribution in [3.63, 3.8) is 0 Å². The molecule has 2 aliphatic heterocycles. The molecule has 1 fully saturated rings. The predicted octanol–water partition coefficient (Wildman–Crippen LogP) is 3.10. The van der Waals surface area contributed by atoms with Crippen LogP contribution in [0.4, 0.5) is 0 Å². The second kappa shape index (κ2) is 10.2. The van der Waals surface area contributed by atoms with Crippen LogP contribution in [0.25, 0.3) is 0 Å². The van der Waals surface area contributed by atoms with Gasteiger partial charge in [-0.3, -0.25) is 9.59 Å². The van der Waals surface area contributed by atoms with Gasteiger partial charge in [0.15, 0.2) is 11.5 Å². The summed E-state index contributed by atoms with van der Waals surface area (Å²) in [6, 6.07) is 5.64. The minimum Gasteiger partial charge on any atom is -0.462 e. The molecule has 0 aliphatic carbocycles. The van der Waals surface area contributed by atoms with E-state index in [9.17, 15) is 14.4 Å². The third kappa shape index (κ3) is 5.03. The second-order valence-electron chi connectivity index (χ2n) is 8.75. The Bertz CT molecular complexity index is 1080. The van der Waals surface area contributed by atoms with Gasteiger partial charge in [0, 0.05) is 31.7 Å². The number of aromatic amines is 1. The molecule has 34 heavy (non-hydrogen) atoms. The number of fused-ring (bicyclic) bond motifs is 1. The number of aromatic nitrogens is 1. The van der Waals surface area contributed by atoms with E-state index < -0.39 is 5.97 Å². The second-order valence-corrected chi connectivity index (χ2v) is 8.75. The molecule has 0 atom stereocenters. The highest BCUT2D eigenvalue weighted by atomic mass is 16.7. The molecule has 9 nitrogen and oxygen atoms in total. The van der Waals surface area contributed by atoms with E-state index in [4.69, 9.17) is 14.2 Å². The van der Waals surface area contributed by atoms with Gasteiger partial charge in [0.05, 0.1) is 12.2 Å². The highest BCUT2D eigenvalue weighted by Gasteiger charge is 2.29. The van der Waals surface area contributed by atoms with E-state index in [0.29, 0.717) is 54.3 Å². The fourth-order valence-electron chi connectivity index (χ4n) is 4.56. The Morgan fingerprint density at radius 1 is 1.15 bits per heavy atom. The van der Waals surface area contributed by atoms with Gasteiger partial charge in [-0.2, -0.15) is 0 Å². The van der Waals surface area contributed by atoms with Gasteiger partial charge in [-0.25, -0.2) is 4.79 Å². The van der Waals surface area contributed by atoms with E-state index in [1.807, 2.05) is 18.2 Å². The number of carbonyl (C=O) groups excluding carboxylic acids is 3. The lowest BCUT2D eigenvalue weighted by atomic mass is 9.93. The summed E-state index contributed by atoms with van der Waals surface area (Å²) < 4.78 is 15.8. The van der Waals surface area contributed by atoms with Crippen molar-refractivity contribution >= 4 is 17.8 Å². The molecule has 4 rings (SSSR count). The van der Waals surface area contributed by atoms with Gasteiger partial charge in [0.1, 0.15) is 5.69 Å². The molecule has 0 bridgehead atoms. The summed E-state index contributed by atoms with van der Waals surface area (Å²) in [5.41, 5.74) is 3.07. The van der Waals surface area contributed by atoms with Crippen LogP contribution in [0.3, 0.4) is 0 Å². The third-order valence-corrected chi connectivity index (χ3v) is 6.43. The van der Waals surface area contributed by atoms with Gasteiger partial charge in [0.2, 0.25) is 12.7 Å². The zero-order chi connectivity index (χ0) is 24.2. The number of nitrogens with zero attached hydrogens (tertiary/aromatic N) is 1. The van der Waals surface area contributed by atoms with Crippen LogP contribution in [-0.4, -0.2) is 54.2 Å². The van der Waals surface area contributed by atoms with Crippen molar-refractivity contribution in [2.75, 3.05) is 26.5 Å². The lowest BCUT2D eigenvalue weighted by Gasteiger charge is -2.31. The van der Waals surface area contributed by atoms with Crippen molar-refractivity contribution < 1.29 is 28.6 Å². The standard InChI is InChI=1S/C25H31N3O6/c1-4-32-25(31)22-15(2)23(27-16(22)3)24(30)28-9-7-17(8-10-28)12-21(29)26-13-18-5-6-19-20(11-18)34-14-33-19/h5-6,11,17,27H,4,7-10,12-14H2,1-3H3,(H,26,29). The summed E-state index contributed by atoms with van der Waals surface area (Å²) in [4.78, 5) is 42.6. The molecule has 3 heterocycles. The molecule has 0 unspecified atom stereocenters. The molecule has 1 aromatic heterocycles. The first-order valence-electron chi connectivity index (χ1n) is 11.7. The summed E-state index contributed by atoms with van der Waals surface area (Å²) in [7, 11) is 0. The normalized spacial score (nSPS) is 15.3. The van der Waals surface area contributed by atoms with Crippen molar-refractivity contribution in [2.45, 2.75) is 46.6 Å². The number of hydrogen-bond acceptors (Lipinski definition) is 6. The largest absolute Gasteiger partial charge is 0.462 e. The van der Waals surface area contributed by atoms with Crippen molar-refractivity contribution in [1.29, 1.82) is 0 Å². The van der Waals surface area contributed by atoms with E-state index in [1.165, 1.54) is 0 Å². The number of ether oxygens (including phenoxy) is 3. The molecule has 1 saturated heterocycles. The first-order chi connectivity index (χ1) is 16.4. The highest BCUT2D eigenvalue weighted by Crippen LogP contribution is 2.32. The summed E-state index contributed by atoms with van der Waals surface area (Å²) in [6.07, 6.45) is 1.94. The Kier molecular flexibility index (Phi) is 7.09. The van der Waals surface area contributed by atoms with E-state index in [2.05, 4.69) is 10.3 Å². The maximum absolute atomic E-state index is 13.1. The summed E-state index contributed by atoms with van der Waals surface area (Å²) in [5, 5.41) is 2.97. The molecule has 2 aromatic rings. The van der Waals surface area contributed by atoms with Crippen LogP contribution in [0.2, 0.25) is 0 Å². The Balaban J connectivity index is 1.26. The van der Waals surface area contributed by atoms with Crippen LogP contribution in [-0.2, 0) is 16.1 Å². The van der Waals surface area contributed by atoms with Crippen LogP contribution >= 0.6 is 0 Å². The Morgan fingerprint density at radius 3 is 2.62 bits per heavy atom. The zero-order valence-electron chi connectivity index (χ0n) is 19.9. The number of amides is 2. The minimum atomic E-state index is -0.418. The van der Waals surface area contributed by atoms with Gasteiger partial charge >= 0.3 is 5.97 Å². The van der Waals surface area contributed by atoms with Crippen LogP contribution in [0.1, 0.15) is 63.9 Å². The highest BCUT2D eigenvalue weighted by molar-refractivity contribution is 6.00. The lowest BCUT2D eigenvalue weighted by Crippen LogP contribution is -2.40. The molecule has 9 heteroatoms. The van der Waals surface area contributed by atoms with Gasteiger partial charge in [0.25, 0.3) is 5.91 Å². The van der Waals surface area contributed by atoms with Crippen molar-refractivity contribution in [3.05, 3.63) is 46.3 Å². The molecule has 182 valence electrons. The number of piperidine rings is 1. The van der Waals surface area contributed by atoms with Crippen molar-refractivity contribution in [2.24, 2.45) is 5.92 Å². The van der Waals surface area contributed by atoms with E-state index >= 15 is 0 Å². The van der Waals surface area contributed by atoms with Gasteiger partial charge in [-0.05, 0) is 62.8 Å². The molecular weight excluding hydrogens is 438 g/mol. The number of nitrogens with one attached hydrogen (secondary N) is 2. The van der Waals surface area contributed by atoms with E-state index in [0.717, 1.165) is 24.2 Å². The molecule has 1 aromatic carbocycles. The summed E-state index contributed by atoms with van der Waals surface area (Å²) in [5.74, 6) is 1.10. The summed E-state index contributed by atoms with van der Waals surface area (Å²) >= 11 is 0. The fraction of sp³-hybridized carbons (Fsp3) is 0.480. The smallest absolute Gasteiger partial charge is 0.340 e. The average Bonchev–Trinajstić information content (AvgIpc) is 3.41. The molecule has 2 N–H and O–H groups in total. The molecular formula is C25H31N3O6. The maximum atomic E-state index is 13.1. The number of hydrogen-bond donors (Lipinski definition) is 2. The number of rotatable bonds is 7. The zero-order valence-corrected chi connectivity index (χ0v) is 19.9. The fourth-order valence-corrected chi connectivity index (χ4v) is 4.56. The topological polar surface area (TPSA) is 110 Å². The average molecular weight is 470 g/mol. The number of esters is 1. The number of likely N-dealkylation sites (tertiary alicyclic amines) is 1. The van der Waals surface area contributed by atoms with Gasteiger partial charge in [-0.15, -0.1) is 0 Å². The number of carbonyl (C=O) groups is 3. The molecule has 2 aliphatic rings. The monoisotopic (exact) mass is 469 g/mol. The van der Waals surface area contributed by atoms with Crippen LogP contribution in [0, 0.1) is 19.8 Å². The maximum Gasteiger partial charge on any atom is 0.340 e. The molecule has 0 saturated carbocycles. The van der Waals surface area contributed by atoms with Gasteiger partial charge < -0.3 is 29.4 Å². The van der Waals surface area contributed by atoms with E-state index in [1.54, 1.807) is 25.7 Å². The SMILES string of the molecule is CCOC(=O)c1c(C)[nH]c(C(=O)N2CCC(CC(=O)NCc3ccc4c(c3)OCO4)CC2)c1C. The van der Waals surface area contributed by atoms with E-state index in [-0.39, 0.29) is 31.1 Å². The molecule has 2 amide bonds. The Hall–Kier alpha value is -3.49. The quantitative estimate of drug-likeness (QED) is 0.603. The van der Waals surface area contributed by atoms with Crippen LogP contribution < -0.4 is 14.8 Å². The Morgan fingerprint density at radius 2 is 1.88 bits per heavy atom. The number of aryl methyl sites for hydroxylation is 1. The van der Waals surface area contributed by atoms with Crippen LogP contribution in [0.5, 0.6) is 11.5 Å². The number of benzene rings is 1.